The lowest BCUT2D eigenvalue weighted by Crippen LogP contribution is -1.93. The summed E-state index contributed by atoms with van der Waals surface area (Å²) < 4.78 is 24.6. The molecule has 5 heteroatoms. The number of hydrogen-bond donors (Lipinski definition) is 0. The van der Waals surface area contributed by atoms with Gasteiger partial charge in [0.15, 0.2) is 0 Å². The highest BCUT2D eigenvalue weighted by molar-refractivity contribution is 14.1. The lowest BCUT2D eigenvalue weighted by atomic mass is 10.3. The van der Waals surface area contributed by atoms with E-state index in [4.69, 9.17) is 11.6 Å². The molecule has 0 aliphatic heterocycles. The van der Waals surface area contributed by atoms with E-state index in [-0.39, 0.29) is 14.3 Å². The summed E-state index contributed by atoms with van der Waals surface area (Å²) in [6, 6.07) is 1.35. The number of aromatic nitrogens is 1. The van der Waals surface area contributed by atoms with Crippen LogP contribution in [0.25, 0.3) is 0 Å². The van der Waals surface area contributed by atoms with Crippen LogP contribution in [0.5, 0.6) is 0 Å². The molecule has 1 aromatic heterocycles. The quantitative estimate of drug-likeness (QED) is 0.571. The Bertz CT molecular complexity index is 247. The van der Waals surface area contributed by atoms with Crippen LogP contribution >= 0.6 is 34.2 Å². The number of halogens is 4. The van der Waals surface area contributed by atoms with Crippen LogP contribution in [0.4, 0.5) is 8.78 Å². The number of hydrogen-bond acceptors (Lipinski definition) is 1. The Morgan fingerprint density at radius 2 is 2.18 bits per heavy atom. The molecule has 0 N–H and O–H groups in total. The SMILES string of the molecule is FC(F)c1c(Cl)ccnc1I. The molecule has 0 unspecified atom stereocenters. The maximum Gasteiger partial charge on any atom is 0.267 e. The third-order valence-corrected chi connectivity index (χ3v) is 2.30. The number of alkyl halides is 2. The van der Waals surface area contributed by atoms with Gasteiger partial charge in [-0.3, -0.25) is 0 Å². The summed E-state index contributed by atoms with van der Waals surface area (Å²) >= 11 is 7.23. The van der Waals surface area contributed by atoms with E-state index in [0.717, 1.165) is 0 Å². The predicted molar refractivity (Wildman–Crippen MR) is 46.9 cm³/mol. The average Bonchev–Trinajstić information content (AvgIpc) is 1.85. The molecule has 1 rings (SSSR count). The third-order valence-electron chi connectivity index (χ3n) is 1.11. The van der Waals surface area contributed by atoms with Crippen LogP contribution in [0.1, 0.15) is 12.0 Å². The van der Waals surface area contributed by atoms with Crippen molar-refractivity contribution >= 4 is 34.2 Å². The maximum atomic E-state index is 12.2. The zero-order valence-electron chi connectivity index (χ0n) is 5.19. The van der Waals surface area contributed by atoms with E-state index in [2.05, 4.69) is 4.98 Å². The summed E-state index contributed by atoms with van der Waals surface area (Å²) in [4.78, 5) is 3.68. The fourth-order valence-electron chi connectivity index (χ4n) is 0.620. The molecule has 0 bridgehead atoms. The fraction of sp³-hybridized carbons (Fsp3) is 0.167. The van der Waals surface area contributed by atoms with Gasteiger partial charge in [0, 0.05) is 6.20 Å². The third kappa shape index (κ3) is 1.99. The molecule has 0 atom stereocenters. The second kappa shape index (κ2) is 3.62. The van der Waals surface area contributed by atoms with Gasteiger partial charge in [0.1, 0.15) is 3.70 Å². The van der Waals surface area contributed by atoms with Gasteiger partial charge < -0.3 is 0 Å². The highest BCUT2D eigenvalue weighted by Gasteiger charge is 2.15. The minimum Gasteiger partial charge on any atom is -0.250 e. The molecule has 11 heavy (non-hydrogen) atoms. The first kappa shape index (κ1) is 9.12. The van der Waals surface area contributed by atoms with Gasteiger partial charge in [-0.25, -0.2) is 13.8 Å². The molecule has 0 saturated heterocycles. The first-order valence-electron chi connectivity index (χ1n) is 2.71. The van der Waals surface area contributed by atoms with E-state index in [0.29, 0.717) is 0 Å². The van der Waals surface area contributed by atoms with Gasteiger partial charge in [-0.2, -0.15) is 0 Å². The average molecular weight is 289 g/mol. The Morgan fingerprint density at radius 3 is 2.55 bits per heavy atom. The molecule has 0 saturated carbocycles. The molecule has 0 fully saturated rings. The van der Waals surface area contributed by atoms with Crippen molar-refractivity contribution in [3.8, 4) is 0 Å². The van der Waals surface area contributed by atoms with Crippen LogP contribution in [0.2, 0.25) is 5.02 Å². The second-order valence-corrected chi connectivity index (χ2v) is 3.23. The lowest BCUT2D eigenvalue weighted by molar-refractivity contribution is 0.150. The summed E-state index contributed by atoms with van der Waals surface area (Å²) in [7, 11) is 0. The first-order valence-corrected chi connectivity index (χ1v) is 4.16. The largest absolute Gasteiger partial charge is 0.267 e. The number of nitrogens with zero attached hydrogens (tertiary/aromatic N) is 1. The lowest BCUT2D eigenvalue weighted by Gasteiger charge is -2.02. The van der Waals surface area contributed by atoms with Crippen LogP contribution < -0.4 is 0 Å². The van der Waals surface area contributed by atoms with Crippen molar-refractivity contribution in [1.82, 2.24) is 4.98 Å². The monoisotopic (exact) mass is 289 g/mol. The van der Waals surface area contributed by atoms with Crippen molar-refractivity contribution in [2.24, 2.45) is 0 Å². The summed E-state index contributed by atoms with van der Waals surface area (Å²) in [5, 5.41) is 0.0689. The molecule has 0 radical (unpaired) electrons. The predicted octanol–water partition coefficient (Wildman–Crippen LogP) is 3.28. The molecule has 0 aromatic carbocycles. The van der Waals surface area contributed by atoms with Gasteiger partial charge in [0.2, 0.25) is 0 Å². The topological polar surface area (TPSA) is 12.9 Å². The molecule has 1 heterocycles. The number of pyridine rings is 1. The van der Waals surface area contributed by atoms with E-state index in [1.54, 1.807) is 22.6 Å². The van der Waals surface area contributed by atoms with Crippen molar-refractivity contribution in [3.05, 3.63) is 26.5 Å². The summed E-state index contributed by atoms with van der Waals surface area (Å²) in [6.45, 7) is 0. The van der Waals surface area contributed by atoms with E-state index >= 15 is 0 Å². The van der Waals surface area contributed by atoms with Crippen LogP contribution in [0.3, 0.4) is 0 Å². The molecular weight excluding hydrogens is 286 g/mol. The molecule has 1 aromatic rings. The van der Waals surface area contributed by atoms with Crippen molar-refractivity contribution in [3.63, 3.8) is 0 Å². The molecule has 0 aliphatic rings. The highest BCUT2D eigenvalue weighted by atomic mass is 127. The van der Waals surface area contributed by atoms with Gasteiger partial charge in [-0.1, -0.05) is 11.6 Å². The Balaban J connectivity index is 3.21. The van der Waals surface area contributed by atoms with E-state index in [9.17, 15) is 8.78 Å². The van der Waals surface area contributed by atoms with E-state index < -0.39 is 6.43 Å². The van der Waals surface area contributed by atoms with Gasteiger partial charge in [0.25, 0.3) is 6.43 Å². The molecule has 1 nitrogen and oxygen atoms in total. The zero-order chi connectivity index (χ0) is 8.43. The highest BCUT2D eigenvalue weighted by Crippen LogP contribution is 2.29. The smallest absolute Gasteiger partial charge is 0.250 e. The molecule has 0 aliphatic carbocycles. The summed E-state index contributed by atoms with van der Waals surface area (Å²) in [6.07, 6.45) is -1.15. The van der Waals surface area contributed by atoms with Crippen molar-refractivity contribution in [2.75, 3.05) is 0 Å². The van der Waals surface area contributed by atoms with Crippen LogP contribution in [-0.4, -0.2) is 4.98 Å². The van der Waals surface area contributed by atoms with Crippen molar-refractivity contribution in [2.45, 2.75) is 6.43 Å². The second-order valence-electron chi connectivity index (χ2n) is 1.80. The maximum absolute atomic E-state index is 12.2. The number of rotatable bonds is 1. The Kier molecular flexibility index (Phi) is 3.00. The van der Waals surface area contributed by atoms with Crippen molar-refractivity contribution < 1.29 is 8.78 Å². The van der Waals surface area contributed by atoms with Crippen LogP contribution in [-0.2, 0) is 0 Å². The Morgan fingerprint density at radius 1 is 1.55 bits per heavy atom. The van der Waals surface area contributed by atoms with E-state index in [1.165, 1.54) is 12.3 Å². The summed E-state index contributed by atoms with van der Waals surface area (Å²) in [5.74, 6) is 0. The summed E-state index contributed by atoms with van der Waals surface area (Å²) in [5.41, 5.74) is -0.185. The van der Waals surface area contributed by atoms with Crippen LogP contribution in [0.15, 0.2) is 12.3 Å². The van der Waals surface area contributed by atoms with Crippen LogP contribution in [0, 0.1) is 3.70 Å². The van der Waals surface area contributed by atoms with Gasteiger partial charge in [-0.15, -0.1) is 0 Å². The molecule has 60 valence electrons. The molecular formula is C6H3ClF2IN. The van der Waals surface area contributed by atoms with Gasteiger partial charge in [0.05, 0.1) is 10.6 Å². The standard InChI is InChI=1S/C6H3ClF2IN/c7-3-1-2-11-6(10)4(3)5(8)9/h1-2,5H. The van der Waals surface area contributed by atoms with Gasteiger partial charge >= 0.3 is 0 Å². The minimum absolute atomic E-state index is 0.0689. The molecule has 0 amide bonds. The molecule has 0 spiro atoms. The van der Waals surface area contributed by atoms with E-state index in [1.807, 2.05) is 0 Å². The van der Waals surface area contributed by atoms with Gasteiger partial charge in [-0.05, 0) is 28.7 Å². The fourth-order valence-corrected chi connectivity index (χ4v) is 1.69. The van der Waals surface area contributed by atoms with Crippen molar-refractivity contribution in [1.29, 1.82) is 0 Å². The Hall–Kier alpha value is 0.0300. The minimum atomic E-state index is -2.55. The first-order chi connectivity index (χ1) is 5.13. The normalized spacial score (nSPS) is 10.6. The Labute approximate surface area is 80.9 Å². The zero-order valence-corrected chi connectivity index (χ0v) is 8.10.